The van der Waals surface area contributed by atoms with E-state index in [1.807, 2.05) is 24.6 Å². The van der Waals surface area contributed by atoms with Crippen molar-refractivity contribution in [3.63, 3.8) is 0 Å². The average molecular weight is 162 g/mol. The van der Waals surface area contributed by atoms with Crippen LogP contribution < -0.4 is 0 Å². The largest absolute Gasteiger partial charge is 0.347 e. The molecule has 62 valence electrons. The zero-order chi connectivity index (χ0) is 8.55. The monoisotopic (exact) mass is 162 g/mol. The minimum Gasteiger partial charge on any atom is -0.347 e. The molecule has 2 aromatic rings. The zero-order valence-corrected chi connectivity index (χ0v) is 7.07. The van der Waals surface area contributed by atoms with Gasteiger partial charge in [-0.05, 0) is 13.8 Å². The lowest BCUT2D eigenvalue weighted by Crippen LogP contribution is -1.97. The Morgan fingerprint density at radius 1 is 1.33 bits per heavy atom. The standard InChI is InChI=1S/C8H10N4/c1-6-8(11-5-10-6)12-4-3-9-7(12)2/h3-5H,1-2H3,(H,10,11). The molecule has 0 aliphatic carbocycles. The molecule has 0 unspecified atom stereocenters. The number of aromatic amines is 1. The summed E-state index contributed by atoms with van der Waals surface area (Å²) < 4.78 is 1.95. The summed E-state index contributed by atoms with van der Waals surface area (Å²) in [5, 5.41) is 0. The van der Waals surface area contributed by atoms with Crippen LogP contribution in [-0.2, 0) is 0 Å². The van der Waals surface area contributed by atoms with Crippen LogP contribution in [0.4, 0.5) is 0 Å². The summed E-state index contributed by atoms with van der Waals surface area (Å²) in [4.78, 5) is 11.3. The predicted molar refractivity (Wildman–Crippen MR) is 45.2 cm³/mol. The van der Waals surface area contributed by atoms with E-state index in [1.54, 1.807) is 12.5 Å². The first-order chi connectivity index (χ1) is 5.79. The highest BCUT2D eigenvalue weighted by Gasteiger charge is 2.04. The molecule has 0 saturated heterocycles. The summed E-state index contributed by atoms with van der Waals surface area (Å²) in [6.07, 6.45) is 5.35. The second-order valence-corrected chi connectivity index (χ2v) is 2.70. The molecule has 4 nitrogen and oxygen atoms in total. The van der Waals surface area contributed by atoms with Gasteiger partial charge in [-0.3, -0.25) is 4.57 Å². The molecule has 1 N–H and O–H groups in total. The van der Waals surface area contributed by atoms with Crippen molar-refractivity contribution >= 4 is 0 Å². The topological polar surface area (TPSA) is 46.5 Å². The van der Waals surface area contributed by atoms with E-state index in [0.29, 0.717) is 0 Å². The van der Waals surface area contributed by atoms with Crippen LogP contribution in [0, 0.1) is 13.8 Å². The van der Waals surface area contributed by atoms with E-state index >= 15 is 0 Å². The molecule has 0 aromatic carbocycles. The Kier molecular flexibility index (Phi) is 1.46. The predicted octanol–water partition coefficient (Wildman–Crippen LogP) is 1.21. The maximum Gasteiger partial charge on any atom is 0.159 e. The van der Waals surface area contributed by atoms with Gasteiger partial charge < -0.3 is 4.98 Å². The van der Waals surface area contributed by atoms with Crippen molar-refractivity contribution in [1.29, 1.82) is 0 Å². The number of nitrogens with one attached hydrogen (secondary N) is 1. The number of rotatable bonds is 1. The van der Waals surface area contributed by atoms with Gasteiger partial charge >= 0.3 is 0 Å². The third kappa shape index (κ3) is 0.922. The maximum absolute atomic E-state index is 4.19. The van der Waals surface area contributed by atoms with Crippen LogP contribution in [0.15, 0.2) is 18.7 Å². The van der Waals surface area contributed by atoms with Gasteiger partial charge in [0.1, 0.15) is 5.82 Å². The fourth-order valence-corrected chi connectivity index (χ4v) is 1.20. The van der Waals surface area contributed by atoms with Crippen molar-refractivity contribution in [2.24, 2.45) is 0 Å². The number of aromatic nitrogens is 4. The van der Waals surface area contributed by atoms with Crippen molar-refractivity contribution in [2.75, 3.05) is 0 Å². The van der Waals surface area contributed by atoms with E-state index in [1.165, 1.54) is 0 Å². The van der Waals surface area contributed by atoms with Gasteiger partial charge in [0.15, 0.2) is 5.82 Å². The molecule has 2 rings (SSSR count). The molecule has 0 spiro atoms. The molecule has 12 heavy (non-hydrogen) atoms. The maximum atomic E-state index is 4.19. The molecule has 0 bridgehead atoms. The Bertz CT molecular complexity index is 347. The summed E-state index contributed by atoms with van der Waals surface area (Å²) in [7, 11) is 0. The van der Waals surface area contributed by atoms with Crippen LogP contribution in [0.1, 0.15) is 11.5 Å². The van der Waals surface area contributed by atoms with Crippen molar-refractivity contribution in [2.45, 2.75) is 13.8 Å². The van der Waals surface area contributed by atoms with E-state index < -0.39 is 0 Å². The molecule has 0 fully saturated rings. The van der Waals surface area contributed by atoms with Gasteiger partial charge in [0.05, 0.1) is 12.0 Å². The van der Waals surface area contributed by atoms with E-state index in [9.17, 15) is 0 Å². The quantitative estimate of drug-likeness (QED) is 0.685. The van der Waals surface area contributed by atoms with Gasteiger partial charge in [-0.2, -0.15) is 0 Å². The Morgan fingerprint density at radius 2 is 2.17 bits per heavy atom. The third-order valence-corrected chi connectivity index (χ3v) is 1.86. The summed E-state index contributed by atoms with van der Waals surface area (Å²) in [5.41, 5.74) is 1.05. The lowest BCUT2D eigenvalue weighted by molar-refractivity contribution is 0.933. The summed E-state index contributed by atoms with van der Waals surface area (Å²) in [6, 6.07) is 0. The smallest absolute Gasteiger partial charge is 0.159 e. The number of imidazole rings is 2. The van der Waals surface area contributed by atoms with Gasteiger partial charge in [-0.25, -0.2) is 9.97 Å². The van der Waals surface area contributed by atoms with Crippen LogP contribution in [0.25, 0.3) is 5.82 Å². The highest BCUT2D eigenvalue weighted by molar-refractivity contribution is 5.28. The van der Waals surface area contributed by atoms with Crippen LogP contribution in [0.5, 0.6) is 0 Å². The van der Waals surface area contributed by atoms with Crippen molar-refractivity contribution in [3.05, 3.63) is 30.2 Å². The van der Waals surface area contributed by atoms with E-state index in [0.717, 1.165) is 17.3 Å². The first-order valence-electron chi connectivity index (χ1n) is 3.79. The average Bonchev–Trinajstić information content (AvgIpc) is 2.59. The Morgan fingerprint density at radius 3 is 2.67 bits per heavy atom. The van der Waals surface area contributed by atoms with E-state index in [4.69, 9.17) is 0 Å². The minimum absolute atomic E-state index is 0.921. The molecule has 0 aliphatic heterocycles. The second kappa shape index (κ2) is 2.48. The molecule has 0 saturated carbocycles. The van der Waals surface area contributed by atoms with E-state index in [-0.39, 0.29) is 0 Å². The van der Waals surface area contributed by atoms with Gasteiger partial charge in [0, 0.05) is 12.4 Å². The highest BCUT2D eigenvalue weighted by Crippen LogP contribution is 2.09. The van der Waals surface area contributed by atoms with Gasteiger partial charge in [-0.1, -0.05) is 0 Å². The molecule has 0 aliphatic rings. The molecule has 4 heteroatoms. The van der Waals surface area contributed by atoms with E-state index in [2.05, 4.69) is 15.0 Å². The normalized spacial score (nSPS) is 10.5. The van der Waals surface area contributed by atoms with Crippen molar-refractivity contribution < 1.29 is 0 Å². The Labute approximate surface area is 70.3 Å². The zero-order valence-electron chi connectivity index (χ0n) is 7.07. The number of aryl methyl sites for hydroxylation is 2. The fourth-order valence-electron chi connectivity index (χ4n) is 1.20. The van der Waals surface area contributed by atoms with Gasteiger partial charge in [0.25, 0.3) is 0 Å². The number of hydrogen-bond acceptors (Lipinski definition) is 2. The lowest BCUT2D eigenvalue weighted by Gasteiger charge is -2.00. The van der Waals surface area contributed by atoms with Crippen LogP contribution in [0.2, 0.25) is 0 Å². The SMILES string of the molecule is Cc1[nH]cnc1-n1ccnc1C. The molecule has 0 amide bonds. The van der Waals surface area contributed by atoms with Crippen LogP contribution >= 0.6 is 0 Å². The first-order valence-corrected chi connectivity index (χ1v) is 3.79. The van der Waals surface area contributed by atoms with Gasteiger partial charge in [0.2, 0.25) is 0 Å². The Balaban J connectivity index is 2.57. The molecular formula is C8H10N4. The number of nitrogens with zero attached hydrogens (tertiary/aromatic N) is 3. The number of hydrogen-bond donors (Lipinski definition) is 1. The third-order valence-electron chi connectivity index (χ3n) is 1.86. The van der Waals surface area contributed by atoms with Crippen LogP contribution in [0.3, 0.4) is 0 Å². The van der Waals surface area contributed by atoms with Gasteiger partial charge in [-0.15, -0.1) is 0 Å². The second-order valence-electron chi connectivity index (χ2n) is 2.70. The van der Waals surface area contributed by atoms with Crippen molar-refractivity contribution in [1.82, 2.24) is 19.5 Å². The molecule has 2 aromatic heterocycles. The summed E-state index contributed by atoms with van der Waals surface area (Å²) in [5.74, 6) is 1.87. The fraction of sp³-hybridized carbons (Fsp3) is 0.250. The first kappa shape index (κ1) is 7.09. The molecular weight excluding hydrogens is 152 g/mol. The van der Waals surface area contributed by atoms with Crippen LogP contribution in [-0.4, -0.2) is 19.5 Å². The number of H-pyrrole nitrogens is 1. The lowest BCUT2D eigenvalue weighted by atomic mass is 10.5. The molecule has 2 heterocycles. The highest BCUT2D eigenvalue weighted by atomic mass is 15.1. The van der Waals surface area contributed by atoms with Crippen molar-refractivity contribution in [3.8, 4) is 5.82 Å². The summed E-state index contributed by atoms with van der Waals surface area (Å²) >= 11 is 0. The molecule has 0 atom stereocenters. The minimum atomic E-state index is 0.921. The summed E-state index contributed by atoms with van der Waals surface area (Å²) in [6.45, 7) is 3.94. The Hall–Kier alpha value is -1.58. The molecule has 0 radical (unpaired) electrons.